The minimum atomic E-state index is -5.09. The largest absolute Gasteiger partial charge is 0.462 e. The lowest BCUT2D eigenvalue weighted by Crippen LogP contribution is -2.16. The number of ether oxygens (including phenoxy) is 3. The molecule has 0 spiro atoms. The Balaban J connectivity index is 1.65. The van der Waals surface area contributed by atoms with Crippen LogP contribution < -0.4 is 14.9 Å². The van der Waals surface area contributed by atoms with Crippen LogP contribution in [0.1, 0.15) is 59.7 Å². The SMILES string of the molecule is CCOC(=O)c1ccc(Oc2c(C(F)(F)F)oc3cc(OC(=O)c4ccc(C(C)(C)C)cc4)ccc3c2=O)cc1. The maximum absolute atomic E-state index is 13.9. The Bertz CT molecular complexity index is 1610. The van der Waals surface area contributed by atoms with E-state index >= 15 is 0 Å². The number of alkyl halides is 3. The van der Waals surface area contributed by atoms with E-state index in [1.54, 1.807) is 31.2 Å². The maximum Gasteiger partial charge on any atom is 0.453 e. The van der Waals surface area contributed by atoms with Gasteiger partial charge in [-0.15, -0.1) is 0 Å². The van der Waals surface area contributed by atoms with Crippen molar-refractivity contribution in [3.05, 3.63) is 99.4 Å². The van der Waals surface area contributed by atoms with Crippen LogP contribution in [0, 0.1) is 0 Å². The zero-order chi connectivity index (χ0) is 29.2. The molecule has 1 heterocycles. The van der Waals surface area contributed by atoms with Gasteiger partial charge in [-0.2, -0.15) is 13.2 Å². The van der Waals surface area contributed by atoms with Crippen molar-refractivity contribution in [3.8, 4) is 17.2 Å². The first-order valence-electron chi connectivity index (χ1n) is 12.2. The molecule has 0 unspecified atom stereocenters. The quantitative estimate of drug-likeness (QED) is 0.182. The van der Waals surface area contributed by atoms with Gasteiger partial charge in [-0.05, 0) is 66.4 Å². The summed E-state index contributed by atoms with van der Waals surface area (Å²) in [4.78, 5) is 37.5. The molecule has 208 valence electrons. The molecule has 10 heteroatoms. The van der Waals surface area contributed by atoms with Crippen molar-refractivity contribution >= 4 is 22.9 Å². The van der Waals surface area contributed by atoms with Gasteiger partial charge in [0.2, 0.25) is 11.2 Å². The van der Waals surface area contributed by atoms with Crippen molar-refractivity contribution in [1.82, 2.24) is 0 Å². The summed E-state index contributed by atoms with van der Waals surface area (Å²) in [5.74, 6) is -4.34. The zero-order valence-corrected chi connectivity index (χ0v) is 22.0. The summed E-state index contributed by atoms with van der Waals surface area (Å²) >= 11 is 0. The van der Waals surface area contributed by atoms with Gasteiger partial charge in [0.1, 0.15) is 17.1 Å². The number of hydrogen-bond donors (Lipinski definition) is 0. The smallest absolute Gasteiger partial charge is 0.453 e. The molecule has 0 fully saturated rings. The van der Waals surface area contributed by atoms with Gasteiger partial charge in [-0.3, -0.25) is 4.79 Å². The minimum absolute atomic E-state index is 0.114. The molecule has 4 rings (SSSR count). The molecule has 40 heavy (non-hydrogen) atoms. The fraction of sp³-hybridized carbons (Fsp3) is 0.233. The van der Waals surface area contributed by atoms with Crippen molar-refractivity contribution in [3.63, 3.8) is 0 Å². The number of hydrogen-bond acceptors (Lipinski definition) is 7. The van der Waals surface area contributed by atoms with Crippen LogP contribution in [0.5, 0.6) is 17.2 Å². The number of benzene rings is 3. The number of carbonyl (C=O) groups excluding carboxylic acids is 2. The van der Waals surface area contributed by atoms with Crippen LogP contribution in [0.3, 0.4) is 0 Å². The fourth-order valence-corrected chi connectivity index (χ4v) is 3.76. The number of halogens is 3. The highest BCUT2D eigenvalue weighted by Crippen LogP contribution is 2.38. The number of rotatable bonds is 6. The highest BCUT2D eigenvalue weighted by atomic mass is 19.4. The third-order valence-corrected chi connectivity index (χ3v) is 5.86. The molecule has 0 aliphatic carbocycles. The Morgan fingerprint density at radius 1 is 0.825 bits per heavy atom. The average molecular weight is 555 g/mol. The summed E-state index contributed by atoms with van der Waals surface area (Å²) in [6.45, 7) is 7.85. The van der Waals surface area contributed by atoms with Crippen molar-refractivity contribution in [2.45, 2.75) is 39.3 Å². The van der Waals surface area contributed by atoms with Gasteiger partial charge < -0.3 is 18.6 Å². The molecule has 1 aromatic heterocycles. The van der Waals surface area contributed by atoms with Gasteiger partial charge in [0, 0.05) is 6.07 Å². The lowest BCUT2D eigenvalue weighted by molar-refractivity contribution is -0.154. The fourth-order valence-electron chi connectivity index (χ4n) is 3.76. The molecular formula is C30H25F3O7. The van der Waals surface area contributed by atoms with Crippen molar-refractivity contribution < 1.29 is 41.4 Å². The van der Waals surface area contributed by atoms with E-state index in [9.17, 15) is 27.6 Å². The zero-order valence-electron chi connectivity index (χ0n) is 22.0. The van der Waals surface area contributed by atoms with Gasteiger partial charge in [0.15, 0.2) is 0 Å². The maximum atomic E-state index is 13.9. The molecule has 0 amide bonds. The van der Waals surface area contributed by atoms with E-state index in [0.29, 0.717) is 0 Å². The number of fused-ring (bicyclic) bond motifs is 1. The van der Waals surface area contributed by atoms with E-state index in [2.05, 4.69) is 0 Å². The predicted molar refractivity (Wildman–Crippen MR) is 140 cm³/mol. The second kappa shape index (κ2) is 10.9. The van der Waals surface area contributed by atoms with Crippen LogP contribution >= 0.6 is 0 Å². The lowest BCUT2D eigenvalue weighted by Gasteiger charge is -2.18. The average Bonchev–Trinajstić information content (AvgIpc) is 2.89. The third kappa shape index (κ3) is 6.17. The Labute approximate surface area is 227 Å². The molecule has 3 aromatic carbocycles. The highest BCUT2D eigenvalue weighted by Gasteiger charge is 2.40. The van der Waals surface area contributed by atoms with E-state index in [4.69, 9.17) is 18.6 Å². The first-order valence-corrected chi connectivity index (χ1v) is 12.2. The Morgan fingerprint density at radius 3 is 1.98 bits per heavy atom. The topological polar surface area (TPSA) is 92.0 Å². The van der Waals surface area contributed by atoms with Crippen LogP contribution in [0.4, 0.5) is 13.2 Å². The highest BCUT2D eigenvalue weighted by molar-refractivity contribution is 5.92. The molecule has 0 aliphatic rings. The third-order valence-electron chi connectivity index (χ3n) is 5.86. The van der Waals surface area contributed by atoms with E-state index in [1.807, 2.05) is 20.8 Å². The minimum Gasteiger partial charge on any atom is -0.462 e. The Kier molecular flexibility index (Phi) is 7.72. The first kappa shape index (κ1) is 28.4. The van der Waals surface area contributed by atoms with Crippen LogP contribution in [0.2, 0.25) is 0 Å². The molecule has 0 saturated carbocycles. The van der Waals surface area contributed by atoms with Crippen LogP contribution in [-0.2, 0) is 16.3 Å². The summed E-state index contributed by atoms with van der Waals surface area (Å²) in [5, 5.41) is -0.222. The molecule has 7 nitrogen and oxygen atoms in total. The lowest BCUT2D eigenvalue weighted by atomic mass is 9.87. The Morgan fingerprint density at radius 2 is 1.40 bits per heavy atom. The van der Waals surface area contributed by atoms with Gasteiger partial charge >= 0.3 is 18.1 Å². The summed E-state index contributed by atoms with van der Waals surface area (Å²) in [7, 11) is 0. The van der Waals surface area contributed by atoms with Crippen LogP contribution in [0.15, 0.2) is 75.9 Å². The summed E-state index contributed by atoms with van der Waals surface area (Å²) in [5.41, 5.74) is -0.256. The summed E-state index contributed by atoms with van der Waals surface area (Å²) in [6.07, 6.45) is -5.09. The molecule has 0 aliphatic heterocycles. The summed E-state index contributed by atoms with van der Waals surface area (Å²) < 4.78 is 62.3. The van der Waals surface area contributed by atoms with Gasteiger partial charge in [0.25, 0.3) is 5.76 Å². The van der Waals surface area contributed by atoms with Gasteiger partial charge in [0.05, 0.1) is 23.1 Å². The summed E-state index contributed by atoms with van der Waals surface area (Å²) in [6, 6.07) is 15.3. The standard InChI is InChI=1S/C30H25F3O7/c1-5-37-27(35)17-8-12-20(13-9-17)38-25-24(34)22-15-14-21(16-23(22)40-26(25)30(31,32)33)39-28(36)18-6-10-19(11-7-18)29(2,3)4/h6-16H,5H2,1-4H3. The molecule has 4 aromatic rings. The Hall–Kier alpha value is -4.60. The first-order chi connectivity index (χ1) is 18.8. The number of carbonyl (C=O) groups is 2. The predicted octanol–water partition coefficient (Wildman–Crippen LogP) is 7.30. The van der Waals surface area contributed by atoms with E-state index in [0.717, 1.165) is 11.6 Å². The van der Waals surface area contributed by atoms with Crippen LogP contribution in [-0.4, -0.2) is 18.5 Å². The monoisotopic (exact) mass is 554 g/mol. The second-order valence-corrected chi connectivity index (χ2v) is 9.81. The normalized spacial score (nSPS) is 11.8. The van der Waals surface area contributed by atoms with Crippen molar-refractivity contribution in [2.24, 2.45) is 0 Å². The molecule has 0 N–H and O–H groups in total. The van der Waals surface area contributed by atoms with Gasteiger partial charge in [-0.1, -0.05) is 32.9 Å². The molecule has 0 radical (unpaired) electrons. The van der Waals surface area contributed by atoms with Crippen LogP contribution in [0.25, 0.3) is 11.0 Å². The second-order valence-electron chi connectivity index (χ2n) is 9.81. The molecule has 0 saturated heterocycles. The molecule has 0 bridgehead atoms. The molecular weight excluding hydrogens is 529 g/mol. The van der Waals surface area contributed by atoms with Gasteiger partial charge in [-0.25, -0.2) is 9.59 Å². The number of esters is 2. The van der Waals surface area contributed by atoms with Crippen molar-refractivity contribution in [1.29, 1.82) is 0 Å². The molecule has 0 atom stereocenters. The van der Waals surface area contributed by atoms with E-state index in [1.165, 1.54) is 36.4 Å². The van der Waals surface area contributed by atoms with Crippen molar-refractivity contribution in [2.75, 3.05) is 6.61 Å². The van der Waals surface area contributed by atoms with E-state index in [-0.39, 0.29) is 40.0 Å². The van der Waals surface area contributed by atoms with E-state index < -0.39 is 40.6 Å².